The molecule has 2 fully saturated rings. The van der Waals surface area contributed by atoms with Crippen LogP contribution in [0.25, 0.3) is 0 Å². The summed E-state index contributed by atoms with van der Waals surface area (Å²) in [7, 11) is 0. The van der Waals surface area contributed by atoms with E-state index >= 15 is 0 Å². The van der Waals surface area contributed by atoms with Crippen molar-refractivity contribution in [3.05, 3.63) is 0 Å². The first-order chi connectivity index (χ1) is 11.2. The molecule has 0 radical (unpaired) electrons. The van der Waals surface area contributed by atoms with Crippen LogP contribution >= 0.6 is 0 Å². The van der Waals surface area contributed by atoms with Crippen molar-refractivity contribution in [1.82, 2.24) is 9.80 Å². The predicted octanol–water partition coefficient (Wildman–Crippen LogP) is 1.14. The maximum atomic E-state index is 12.5. The van der Waals surface area contributed by atoms with Crippen molar-refractivity contribution in [1.29, 1.82) is 0 Å². The van der Waals surface area contributed by atoms with Crippen molar-refractivity contribution in [3.63, 3.8) is 0 Å². The second-order valence-electron chi connectivity index (χ2n) is 6.57. The summed E-state index contributed by atoms with van der Waals surface area (Å²) in [5.41, 5.74) is 5.46. The molecule has 0 aromatic rings. The molecule has 0 aliphatic carbocycles. The SMILES string of the molecule is NCCCOC1CCN(C(=O)CN2CCCCCCC2=O)CC1. The van der Waals surface area contributed by atoms with Gasteiger partial charge in [-0.1, -0.05) is 12.8 Å². The number of amides is 2. The van der Waals surface area contributed by atoms with Crippen LogP contribution in [0.2, 0.25) is 0 Å². The van der Waals surface area contributed by atoms with Gasteiger partial charge in [0.25, 0.3) is 0 Å². The molecule has 6 nitrogen and oxygen atoms in total. The Labute approximate surface area is 139 Å². The number of rotatable bonds is 6. The second-order valence-corrected chi connectivity index (χ2v) is 6.57. The van der Waals surface area contributed by atoms with Gasteiger partial charge in [0.2, 0.25) is 11.8 Å². The predicted molar refractivity (Wildman–Crippen MR) is 88.9 cm³/mol. The molecule has 0 aromatic heterocycles. The summed E-state index contributed by atoms with van der Waals surface area (Å²) in [5.74, 6) is 0.220. The number of likely N-dealkylation sites (tertiary alicyclic amines) is 2. The average Bonchev–Trinajstić information content (AvgIpc) is 2.55. The third-order valence-corrected chi connectivity index (χ3v) is 4.74. The van der Waals surface area contributed by atoms with Gasteiger partial charge in [-0.05, 0) is 38.6 Å². The fourth-order valence-electron chi connectivity index (χ4n) is 3.25. The third kappa shape index (κ3) is 6.11. The highest BCUT2D eigenvalue weighted by atomic mass is 16.5. The van der Waals surface area contributed by atoms with Crippen LogP contribution in [0.4, 0.5) is 0 Å². The van der Waals surface area contributed by atoms with Crippen LogP contribution in [0, 0.1) is 0 Å². The third-order valence-electron chi connectivity index (χ3n) is 4.74. The van der Waals surface area contributed by atoms with E-state index in [0.717, 1.165) is 64.6 Å². The Balaban J connectivity index is 1.72. The van der Waals surface area contributed by atoms with E-state index in [9.17, 15) is 9.59 Å². The minimum Gasteiger partial charge on any atom is -0.378 e. The monoisotopic (exact) mass is 325 g/mol. The number of carbonyl (C=O) groups excluding carboxylic acids is 2. The molecule has 0 aromatic carbocycles. The molecule has 0 atom stereocenters. The zero-order valence-corrected chi connectivity index (χ0v) is 14.2. The molecular formula is C17H31N3O3. The van der Waals surface area contributed by atoms with Gasteiger partial charge in [-0.15, -0.1) is 0 Å². The lowest BCUT2D eigenvalue weighted by Gasteiger charge is -2.34. The van der Waals surface area contributed by atoms with Crippen LogP contribution in [-0.2, 0) is 14.3 Å². The normalized spacial score (nSPS) is 21.2. The molecular weight excluding hydrogens is 294 g/mol. The van der Waals surface area contributed by atoms with Crippen molar-refractivity contribution >= 4 is 11.8 Å². The molecule has 0 bridgehead atoms. The molecule has 2 aliphatic rings. The lowest BCUT2D eigenvalue weighted by Crippen LogP contribution is -2.47. The standard InChI is InChI=1S/C17H31N3O3/c18-9-5-13-23-15-7-11-19(12-8-15)17(22)14-20-10-4-2-1-3-6-16(20)21/h15H,1-14,18H2. The second kappa shape index (κ2) is 9.88. The van der Waals surface area contributed by atoms with Gasteiger partial charge < -0.3 is 20.3 Å². The van der Waals surface area contributed by atoms with Gasteiger partial charge in [0.05, 0.1) is 12.6 Å². The van der Waals surface area contributed by atoms with E-state index < -0.39 is 0 Å². The van der Waals surface area contributed by atoms with Gasteiger partial charge in [-0.3, -0.25) is 9.59 Å². The molecule has 2 aliphatic heterocycles. The Bertz CT molecular complexity index is 381. The molecule has 0 saturated carbocycles. The highest BCUT2D eigenvalue weighted by Gasteiger charge is 2.26. The van der Waals surface area contributed by atoms with Gasteiger partial charge in [0.1, 0.15) is 0 Å². The molecule has 2 amide bonds. The Morgan fingerprint density at radius 2 is 1.87 bits per heavy atom. The number of carbonyl (C=O) groups is 2. The summed E-state index contributed by atoms with van der Waals surface area (Å²) < 4.78 is 5.77. The summed E-state index contributed by atoms with van der Waals surface area (Å²) in [5, 5.41) is 0. The van der Waals surface area contributed by atoms with Crippen molar-refractivity contribution in [2.75, 3.05) is 39.3 Å². The van der Waals surface area contributed by atoms with E-state index in [-0.39, 0.29) is 24.5 Å². The van der Waals surface area contributed by atoms with Crippen molar-refractivity contribution in [2.24, 2.45) is 5.73 Å². The number of nitrogens with zero attached hydrogens (tertiary/aromatic N) is 2. The summed E-state index contributed by atoms with van der Waals surface area (Å²) >= 11 is 0. The zero-order chi connectivity index (χ0) is 16.5. The number of nitrogens with two attached hydrogens (primary N) is 1. The smallest absolute Gasteiger partial charge is 0.242 e. The van der Waals surface area contributed by atoms with E-state index in [1.807, 2.05) is 4.90 Å². The fourth-order valence-corrected chi connectivity index (χ4v) is 3.25. The highest BCUT2D eigenvalue weighted by molar-refractivity contribution is 5.85. The van der Waals surface area contributed by atoms with Crippen molar-refractivity contribution in [3.8, 4) is 0 Å². The molecule has 2 saturated heterocycles. The largest absolute Gasteiger partial charge is 0.378 e. The van der Waals surface area contributed by atoms with E-state index in [2.05, 4.69) is 0 Å². The Morgan fingerprint density at radius 3 is 2.61 bits per heavy atom. The summed E-state index contributed by atoms with van der Waals surface area (Å²) in [4.78, 5) is 28.2. The van der Waals surface area contributed by atoms with Gasteiger partial charge in [0.15, 0.2) is 0 Å². The number of hydrogen-bond donors (Lipinski definition) is 1. The topological polar surface area (TPSA) is 75.9 Å². The van der Waals surface area contributed by atoms with E-state index in [1.165, 1.54) is 0 Å². The molecule has 2 heterocycles. The molecule has 2 N–H and O–H groups in total. The molecule has 0 spiro atoms. The van der Waals surface area contributed by atoms with Crippen LogP contribution in [0.3, 0.4) is 0 Å². The minimum atomic E-state index is 0.0827. The van der Waals surface area contributed by atoms with E-state index in [4.69, 9.17) is 10.5 Å². The van der Waals surface area contributed by atoms with Gasteiger partial charge >= 0.3 is 0 Å². The quantitative estimate of drug-likeness (QED) is 0.743. The first-order valence-corrected chi connectivity index (χ1v) is 9.08. The summed E-state index contributed by atoms with van der Waals surface area (Å²) in [6.07, 6.45) is 7.73. The van der Waals surface area contributed by atoms with Crippen LogP contribution in [-0.4, -0.2) is 67.0 Å². The molecule has 2 rings (SSSR count). The molecule has 132 valence electrons. The van der Waals surface area contributed by atoms with Crippen LogP contribution in [0.5, 0.6) is 0 Å². The van der Waals surface area contributed by atoms with Gasteiger partial charge in [-0.25, -0.2) is 0 Å². The molecule has 0 unspecified atom stereocenters. The molecule has 6 heteroatoms. The average molecular weight is 325 g/mol. The fraction of sp³-hybridized carbons (Fsp3) is 0.882. The van der Waals surface area contributed by atoms with Crippen molar-refractivity contribution in [2.45, 2.75) is 57.5 Å². The first kappa shape index (κ1) is 18.2. The van der Waals surface area contributed by atoms with Crippen LogP contribution in [0.1, 0.15) is 51.4 Å². The summed E-state index contributed by atoms with van der Waals surface area (Å²) in [6, 6.07) is 0. The van der Waals surface area contributed by atoms with Gasteiger partial charge in [-0.2, -0.15) is 0 Å². The minimum absolute atomic E-state index is 0.0827. The number of hydrogen-bond acceptors (Lipinski definition) is 4. The Hall–Kier alpha value is -1.14. The number of piperidine rings is 1. The lowest BCUT2D eigenvalue weighted by molar-refractivity contribution is -0.142. The van der Waals surface area contributed by atoms with Crippen molar-refractivity contribution < 1.29 is 14.3 Å². The molecule has 23 heavy (non-hydrogen) atoms. The van der Waals surface area contributed by atoms with Crippen LogP contribution < -0.4 is 5.73 Å². The zero-order valence-electron chi connectivity index (χ0n) is 14.2. The lowest BCUT2D eigenvalue weighted by atomic mass is 10.1. The Morgan fingerprint density at radius 1 is 1.13 bits per heavy atom. The van der Waals surface area contributed by atoms with E-state index in [1.54, 1.807) is 4.90 Å². The Kier molecular flexibility index (Phi) is 7.82. The number of ether oxygens (including phenoxy) is 1. The first-order valence-electron chi connectivity index (χ1n) is 9.08. The van der Waals surface area contributed by atoms with Crippen LogP contribution in [0.15, 0.2) is 0 Å². The van der Waals surface area contributed by atoms with E-state index in [0.29, 0.717) is 19.6 Å². The summed E-state index contributed by atoms with van der Waals surface area (Å²) in [6.45, 7) is 3.79. The maximum absolute atomic E-state index is 12.5. The highest BCUT2D eigenvalue weighted by Crippen LogP contribution is 2.16. The maximum Gasteiger partial charge on any atom is 0.242 e. The van der Waals surface area contributed by atoms with Gasteiger partial charge in [0, 0.05) is 32.7 Å².